The van der Waals surface area contributed by atoms with Crippen LogP contribution in [0.1, 0.15) is 17.3 Å². The molecule has 0 unspecified atom stereocenters. The minimum absolute atomic E-state index is 0.299. The number of carbonyl (C=O) groups excluding carboxylic acids is 2. The molecule has 5 nitrogen and oxygen atoms in total. The van der Waals surface area contributed by atoms with Crippen LogP contribution in [-0.4, -0.2) is 63.7 Å². The molecule has 3 atom stereocenters. The van der Waals surface area contributed by atoms with Crippen molar-refractivity contribution < 1.29 is 32.6 Å². The number of rotatable bonds is 6. The van der Waals surface area contributed by atoms with Gasteiger partial charge >= 0.3 is 173 Å². The van der Waals surface area contributed by atoms with Gasteiger partial charge in [-0.25, -0.2) is 0 Å². The number of carbonyl (C=O) groups is 2. The SMILES string of the molecule is C[C@@H]1O[C@H](COC(=O)c2ccccc2)[C@H](O[C](=O)[Bi][c]2ccccc2)C1(F)F. The van der Waals surface area contributed by atoms with Crippen molar-refractivity contribution in [2.75, 3.05) is 6.61 Å². The fourth-order valence-electron chi connectivity index (χ4n) is 2.74. The molecule has 8 heteroatoms. The summed E-state index contributed by atoms with van der Waals surface area (Å²) < 4.78 is 44.6. The molecule has 1 heterocycles. The molecular weight excluding hydrogens is 567 g/mol. The van der Waals surface area contributed by atoms with Gasteiger partial charge in [-0.05, 0) is 0 Å². The first kappa shape index (κ1) is 20.8. The summed E-state index contributed by atoms with van der Waals surface area (Å²) in [7, 11) is 0. The number of halogens is 2. The van der Waals surface area contributed by atoms with Crippen molar-refractivity contribution in [3.63, 3.8) is 0 Å². The van der Waals surface area contributed by atoms with Crippen molar-refractivity contribution in [1.82, 2.24) is 0 Å². The monoisotopic (exact) mass is 585 g/mol. The average Bonchev–Trinajstić information content (AvgIpc) is 2.90. The molecule has 2 aromatic carbocycles. The average molecular weight is 585 g/mol. The van der Waals surface area contributed by atoms with Crippen LogP contribution in [0.15, 0.2) is 60.7 Å². The predicted molar refractivity (Wildman–Crippen MR) is 98.1 cm³/mol. The van der Waals surface area contributed by atoms with Crippen molar-refractivity contribution in [3.05, 3.63) is 66.2 Å². The van der Waals surface area contributed by atoms with E-state index < -0.39 is 63.7 Å². The van der Waals surface area contributed by atoms with Crippen LogP contribution in [0.2, 0.25) is 0 Å². The van der Waals surface area contributed by atoms with Gasteiger partial charge < -0.3 is 0 Å². The van der Waals surface area contributed by atoms with Gasteiger partial charge in [0.1, 0.15) is 0 Å². The Morgan fingerprint density at radius 1 is 1.07 bits per heavy atom. The Bertz CT molecular complexity index is 816. The molecular formula is C20H18BiF2O5. The van der Waals surface area contributed by atoms with E-state index in [1.807, 2.05) is 6.07 Å². The van der Waals surface area contributed by atoms with Crippen LogP contribution in [-0.2, 0) is 14.2 Å². The van der Waals surface area contributed by atoms with Crippen molar-refractivity contribution in [2.45, 2.75) is 31.2 Å². The fraction of sp³-hybridized carbons (Fsp3) is 0.300. The van der Waals surface area contributed by atoms with Crippen LogP contribution < -0.4 is 3.27 Å². The normalized spacial score (nSPS) is 23.2. The molecule has 147 valence electrons. The maximum atomic E-state index is 14.5. The number of ether oxygens (including phenoxy) is 3. The number of hydrogen-bond acceptors (Lipinski definition) is 5. The van der Waals surface area contributed by atoms with Crippen LogP contribution in [0.25, 0.3) is 0 Å². The molecule has 3 rings (SSSR count). The van der Waals surface area contributed by atoms with Crippen molar-refractivity contribution >= 4 is 36.2 Å². The molecule has 0 aliphatic carbocycles. The molecule has 0 N–H and O–H groups in total. The molecule has 1 radical (unpaired) electrons. The summed E-state index contributed by atoms with van der Waals surface area (Å²) in [6.45, 7) is 0.779. The number of alkyl halides is 2. The molecule has 1 fully saturated rings. The van der Waals surface area contributed by atoms with Gasteiger partial charge in [-0.2, -0.15) is 0 Å². The topological polar surface area (TPSA) is 61.8 Å². The van der Waals surface area contributed by atoms with Gasteiger partial charge in [0.15, 0.2) is 0 Å². The van der Waals surface area contributed by atoms with Crippen LogP contribution >= 0.6 is 0 Å². The molecule has 1 aliphatic rings. The fourth-order valence-corrected chi connectivity index (χ4v) is 5.46. The summed E-state index contributed by atoms with van der Waals surface area (Å²) in [5.74, 6) is -4.02. The van der Waals surface area contributed by atoms with Crippen LogP contribution in [0.5, 0.6) is 0 Å². The van der Waals surface area contributed by atoms with E-state index in [4.69, 9.17) is 14.2 Å². The van der Waals surface area contributed by atoms with E-state index in [1.54, 1.807) is 54.6 Å². The maximum absolute atomic E-state index is 14.5. The molecule has 0 bridgehead atoms. The van der Waals surface area contributed by atoms with Crippen molar-refractivity contribution in [3.8, 4) is 0 Å². The Balaban J connectivity index is 1.64. The summed E-state index contributed by atoms with van der Waals surface area (Å²) in [5, 5.41) is 0. The zero-order chi connectivity index (χ0) is 20.1. The van der Waals surface area contributed by atoms with E-state index in [0.29, 0.717) is 5.56 Å². The van der Waals surface area contributed by atoms with E-state index in [9.17, 15) is 18.4 Å². The minimum atomic E-state index is -3.36. The molecule has 0 spiro atoms. The molecule has 0 saturated carbocycles. The first-order valence-electron chi connectivity index (χ1n) is 8.61. The van der Waals surface area contributed by atoms with Gasteiger partial charge in [0.2, 0.25) is 0 Å². The summed E-state index contributed by atoms with van der Waals surface area (Å²) in [6, 6.07) is 17.1. The third-order valence-corrected chi connectivity index (χ3v) is 7.51. The second-order valence-corrected chi connectivity index (χ2v) is 10.5. The second-order valence-electron chi connectivity index (χ2n) is 6.21. The van der Waals surface area contributed by atoms with Gasteiger partial charge in [0.05, 0.1) is 0 Å². The summed E-state index contributed by atoms with van der Waals surface area (Å²) in [5.41, 5.74) is 0.299. The van der Waals surface area contributed by atoms with Crippen LogP contribution in [0.3, 0.4) is 0 Å². The van der Waals surface area contributed by atoms with E-state index in [1.165, 1.54) is 6.92 Å². The van der Waals surface area contributed by atoms with Crippen molar-refractivity contribution in [1.29, 1.82) is 0 Å². The van der Waals surface area contributed by atoms with Crippen LogP contribution in [0.4, 0.5) is 13.6 Å². The first-order valence-corrected chi connectivity index (χ1v) is 12.1. The molecule has 28 heavy (non-hydrogen) atoms. The van der Waals surface area contributed by atoms with E-state index in [2.05, 4.69) is 0 Å². The Labute approximate surface area is 172 Å². The number of esters is 1. The van der Waals surface area contributed by atoms with Gasteiger partial charge in [0, 0.05) is 0 Å². The number of hydrogen-bond donors (Lipinski definition) is 0. The van der Waals surface area contributed by atoms with Gasteiger partial charge in [0.25, 0.3) is 0 Å². The quantitative estimate of drug-likeness (QED) is 0.386. The van der Waals surface area contributed by atoms with E-state index in [-0.39, 0.29) is 0 Å². The number of benzene rings is 2. The Morgan fingerprint density at radius 2 is 1.68 bits per heavy atom. The second kappa shape index (κ2) is 9.05. The Kier molecular flexibility index (Phi) is 6.73. The van der Waals surface area contributed by atoms with Crippen molar-refractivity contribution in [2.24, 2.45) is 0 Å². The summed E-state index contributed by atoms with van der Waals surface area (Å²) in [6.07, 6.45) is -4.46. The molecule has 1 aliphatic heterocycles. The molecule has 0 amide bonds. The zero-order valence-corrected chi connectivity index (χ0v) is 18.4. The third kappa shape index (κ3) is 4.92. The predicted octanol–water partition coefficient (Wildman–Crippen LogP) is 2.80. The Morgan fingerprint density at radius 3 is 2.32 bits per heavy atom. The van der Waals surface area contributed by atoms with E-state index in [0.717, 1.165) is 3.27 Å². The van der Waals surface area contributed by atoms with E-state index >= 15 is 0 Å². The zero-order valence-electron chi connectivity index (χ0n) is 15.0. The third-order valence-electron chi connectivity index (χ3n) is 4.23. The summed E-state index contributed by atoms with van der Waals surface area (Å²) >= 11 is -1.96. The Hall–Kier alpha value is -1.92. The standard InChI is InChI=1S/C14H13F2O5.C6H5.Bi/c1-9-14(15,16)12(20-8-17)11(21-9)7-19-13(18)10-5-3-2-4-6-10;1-2-4-6-5-3-1;/h2-6,9,11-12H,7H2,1H3;1-5H;/t9-,11+,12-;;/m0../s1. The van der Waals surface area contributed by atoms with Gasteiger partial charge in [-0.3, -0.25) is 0 Å². The molecule has 2 aromatic rings. The molecule has 1 saturated heterocycles. The summed E-state index contributed by atoms with van der Waals surface area (Å²) in [4.78, 5) is 24.3. The van der Waals surface area contributed by atoms with Gasteiger partial charge in [-0.1, -0.05) is 0 Å². The first-order chi connectivity index (χ1) is 13.4. The van der Waals surface area contributed by atoms with Gasteiger partial charge in [-0.15, -0.1) is 0 Å². The molecule has 0 aromatic heterocycles. The van der Waals surface area contributed by atoms with Crippen LogP contribution in [0, 0.1) is 0 Å².